The first kappa shape index (κ1) is 17.4. The third kappa shape index (κ3) is 4.06. The van der Waals surface area contributed by atoms with Crippen molar-refractivity contribution < 1.29 is 9.13 Å². The number of nitrogens with zero attached hydrogens (tertiary/aromatic N) is 3. The zero-order valence-electron chi connectivity index (χ0n) is 15.2. The fourth-order valence-corrected chi connectivity index (χ4v) is 3.10. The average Bonchev–Trinajstić information content (AvgIpc) is 2.70. The molecule has 0 amide bonds. The van der Waals surface area contributed by atoms with Gasteiger partial charge in [0.05, 0.1) is 11.3 Å². The average molecular weight is 364 g/mol. The monoisotopic (exact) mass is 364 g/mol. The van der Waals surface area contributed by atoms with Crippen LogP contribution in [0.3, 0.4) is 0 Å². The number of fused-ring (bicyclic) bond motifs is 1. The van der Waals surface area contributed by atoms with Gasteiger partial charge in [0.15, 0.2) is 0 Å². The van der Waals surface area contributed by atoms with E-state index in [1.54, 1.807) is 12.1 Å². The van der Waals surface area contributed by atoms with Crippen molar-refractivity contribution in [2.24, 2.45) is 0 Å². The summed E-state index contributed by atoms with van der Waals surface area (Å²) < 4.78 is 19.2. The lowest BCUT2D eigenvalue weighted by atomic mass is 10.1. The van der Waals surface area contributed by atoms with Gasteiger partial charge in [0.1, 0.15) is 11.6 Å². The van der Waals surface area contributed by atoms with Gasteiger partial charge < -0.3 is 15.0 Å². The lowest BCUT2D eigenvalue weighted by molar-refractivity contribution is 0.442. The molecule has 138 valence electrons. The molecule has 0 saturated heterocycles. The van der Waals surface area contributed by atoms with Crippen molar-refractivity contribution in [1.82, 2.24) is 15.3 Å². The summed E-state index contributed by atoms with van der Waals surface area (Å²) in [6, 6.07) is 16.2. The third-order valence-electron chi connectivity index (χ3n) is 4.52. The number of aromatic nitrogens is 2. The Balaban J connectivity index is 1.65. The van der Waals surface area contributed by atoms with Crippen LogP contribution in [0.4, 0.5) is 10.3 Å². The van der Waals surface area contributed by atoms with Gasteiger partial charge in [-0.3, -0.25) is 0 Å². The molecule has 1 aliphatic heterocycles. The van der Waals surface area contributed by atoms with E-state index < -0.39 is 0 Å². The lowest BCUT2D eigenvalue weighted by Crippen LogP contribution is -2.27. The summed E-state index contributed by atoms with van der Waals surface area (Å²) in [5, 5.41) is 3.33. The minimum atomic E-state index is -0.294. The van der Waals surface area contributed by atoms with Gasteiger partial charge in [-0.15, -0.1) is 0 Å². The van der Waals surface area contributed by atoms with Gasteiger partial charge in [-0.05, 0) is 29.8 Å². The predicted octanol–water partition coefficient (Wildman–Crippen LogP) is 3.69. The Hall–Kier alpha value is -2.99. The maximum Gasteiger partial charge on any atom is 0.228 e. The highest BCUT2D eigenvalue weighted by Gasteiger charge is 2.20. The molecule has 0 fully saturated rings. The molecule has 4 rings (SSSR count). The molecule has 2 aromatic carbocycles. The van der Waals surface area contributed by atoms with E-state index in [-0.39, 0.29) is 5.82 Å². The molecular weight excluding hydrogens is 343 g/mol. The van der Waals surface area contributed by atoms with Crippen LogP contribution in [0.1, 0.15) is 16.8 Å². The van der Waals surface area contributed by atoms with E-state index >= 15 is 0 Å². The van der Waals surface area contributed by atoms with E-state index in [1.807, 2.05) is 30.1 Å². The van der Waals surface area contributed by atoms with E-state index in [9.17, 15) is 4.39 Å². The molecule has 0 radical (unpaired) electrons. The van der Waals surface area contributed by atoms with Crippen LogP contribution in [0.5, 0.6) is 11.6 Å². The van der Waals surface area contributed by atoms with Crippen molar-refractivity contribution in [3.05, 3.63) is 77.2 Å². The van der Waals surface area contributed by atoms with E-state index in [0.29, 0.717) is 30.7 Å². The summed E-state index contributed by atoms with van der Waals surface area (Å²) >= 11 is 0. The number of hydrogen-bond donors (Lipinski definition) is 1. The topological polar surface area (TPSA) is 50.3 Å². The lowest BCUT2D eigenvalue weighted by Gasteiger charge is -2.23. The van der Waals surface area contributed by atoms with E-state index in [0.717, 1.165) is 24.2 Å². The summed E-state index contributed by atoms with van der Waals surface area (Å²) in [5.41, 5.74) is 3.14. The summed E-state index contributed by atoms with van der Waals surface area (Å²) in [6.07, 6.45) is 0.823. The molecule has 0 spiro atoms. The van der Waals surface area contributed by atoms with E-state index in [2.05, 4.69) is 22.4 Å². The predicted molar refractivity (Wildman–Crippen MR) is 102 cm³/mol. The van der Waals surface area contributed by atoms with Crippen LogP contribution < -0.4 is 15.0 Å². The van der Waals surface area contributed by atoms with Crippen LogP contribution in [0.2, 0.25) is 0 Å². The van der Waals surface area contributed by atoms with Crippen molar-refractivity contribution in [2.75, 3.05) is 18.5 Å². The van der Waals surface area contributed by atoms with Crippen LogP contribution in [-0.2, 0) is 19.5 Å². The van der Waals surface area contributed by atoms with Gasteiger partial charge in [-0.25, -0.2) is 9.37 Å². The Labute approximate surface area is 157 Å². The highest BCUT2D eigenvalue weighted by Crippen LogP contribution is 2.29. The maximum absolute atomic E-state index is 13.2. The quantitative estimate of drug-likeness (QED) is 0.748. The molecule has 2 heterocycles. The molecule has 0 saturated carbocycles. The van der Waals surface area contributed by atoms with Crippen molar-refractivity contribution in [2.45, 2.75) is 19.5 Å². The second kappa shape index (κ2) is 7.72. The minimum absolute atomic E-state index is 0.294. The largest absolute Gasteiger partial charge is 0.438 e. The smallest absolute Gasteiger partial charge is 0.228 e. The van der Waals surface area contributed by atoms with Gasteiger partial charge in [-0.2, -0.15) is 4.98 Å². The number of ether oxygens (including phenoxy) is 1. The Bertz CT molecular complexity index is 915. The van der Waals surface area contributed by atoms with Gasteiger partial charge in [0.25, 0.3) is 0 Å². The van der Waals surface area contributed by atoms with Gasteiger partial charge in [0, 0.05) is 33.1 Å². The minimum Gasteiger partial charge on any atom is -0.438 e. The molecule has 1 aliphatic rings. The van der Waals surface area contributed by atoms with Crippen molar-refractivity contribution in [3.63, 3.8) is 0 Å². The molecule has 6 heteroatoms. The third-order valence-corrected chi connectivity index (χ3v) is 4.52. The van der Waals surface area contributed by atoms with Gasteiger partial charge in [0.2, 0.25) is 11.8 Å². The molecule has 5 nitrogen and oxygen atoms in total. The van der Waals surface area contributed by atoms with Crippen LogP contribution in [0, 0.1) is 5.82 Å². The summed E-state index contributed by atoms with van der Waals surface area (Å²) in [5.74, 6) is 1.40. The van der Waals surface area contributed by atoms with Crippen molar-refractivity contribution in [1.29, 1.82) is 0 Å². The normalized spacial score (nSPS) is 13.1. The van der Waals surface area contributed by atoms with Crippen molar-refractivity contribution in [3.8, 4) is 11.6 Å². The summed E-state index contributed by atoms with van der Waals surface area (Å²) in [6.45, 7) is 2.24. The van der Waals surface area contributed by atoms with E-state index in [4.69, 9.17) is 9.72 Å². The Morgan fingerprint density at radius 2 is 1.85 bits per heavy atom. The second-order valence-corrected chi connectivity index (χ2v) is 6.58. The number of anilines is 1. The maximum atomic E-state index is 13.2. The molecule has 0 bridgehead atoms. The number of benzene rings is 2. The van der Waals surface area contributed by atoms with Crippen LogP contribution in [0.15, 0.2) is 54.6 Å². The zero-order chi connectivity index (χ0) is 18.6. The number of nitrogens with one attached hydrogen (secondary N) is 1. The molecule has 3 aromatic rings. The van der Waals surface area contributed by atoms with Gasteiger partial charge in [-0.1, -0.05) is 30.3 Å². The standard InChI is InChI=1S/C21H21FN4O/c1-26(14-15-5-3-2-4-6-15)21-24-19-11-12-23-13-18(19)20(25-21)27-17-9-7-16(22)8-10-17/h2-10,23H,11-14H2,1H3. The Morgan fingerprint density at radius 1 is 1.07 bits per heavy atom. The summed E-state index contributed by atoms with van der Waals surface area (Å²) in [4.78, 5) is 11.4. The molecule has 0 unspecified atom stereocenters. The zero-order valence-corrected chi connectivity index (χ0v) is 15.2. The first-order chi connectivity index (χ1) is 13.2. The fourth-order valence-electron chi connectivity index (χ4n) is 3.10. The van der Waals surface area contributed by atoms with Crippen LogP contribution in [-0.4, -0.2) is 23.6 Å². The first-order valence-corrected chi connectivity index (χ1v) is 8.98. The van der Waals surface area contributed by atoms with E-state index in [1.165, 1.54) is 17.7 Å². The Kier molecular flexibility index (Phi) is 4.98. The molecule has 0 aliphatic carbocycles. The highest BCUT2D eigenvalue weighted by molar-refractivity contribution is 5.43. The second-order valence-electron chi connectivity index (χ2n) is 6.58. The Morgan fingerprint density at radius 3 is 2.63 bits per heavy atom. The fraction of sp³-hybridized carbons (Fsp3) is 0.238. The molecular formula is C21H21FN4O. The number of hydrogen-bond acceptors (Lipinski definition) is 5. The highest BCUT2D eigenvalue weighted by atomic mass is 19.1. The van der Waals surface area contributed by atoms with Crippen molar-refractivity contribution >= 4 is 5.95 Å². The van der Waals surface area contributed by atoms with Crippen LogP contribution in [0.25, 0.3) is 0 Å². The van der Waals surface area contributed by atoms with Crippen LogP contribution >= 0.6 is 0 Å². The number of halogens is 1. The molecule has 1 N–H and O–H groups in total. The number of rotatable bonds is 5. The summed E-state index contributed by atoms with van der Waals surface area (Å²) in [7, 11) is 1.97. The molecule has 1 aromatic heterocycles. The first-order valence-electron chi connectivity index (χ1n) is 8.98. The van der Waals surface area contributed by atoms with Gasteiger partial charge >= 0.3 is 0 Å². The SMILES string of the molecule is CN(Cc1ccccc1)c1nc2c(c(Oc3ccc(F)cc3)n1)CNCC2. The molecule has 0 atom stereocenters. The molecule has 27 heavy (non-hydrogen) atoms.